The molecule has 0 unspecified atom stereocenters. The number of anilines is 1. The molecule has 7 nitrogen and oxygen atoms in total. The van der Waals surface area contributed by atoms with Crippen LogP contribution in [-0.2, 0) is 20.8 Å². The Morgan fingerprint density at radius 2 is 1.67 bits per heavy atom. The minimum absolute atomic E-state index is 0.0424. The van der Waals surface area contributed by atoms with Gasteiger partial charge in [0.05, 0.1) is 24.3 Å². The van der Waals surface area contributed by atoms with Crippen molar-refractivity contribution in [3.05, 3.63) is 52.8 Å². The highest BCUT2D eigenvalue weighted by Gasteiger charge is 2.18. The summed E-state index contributed by atoms with van der Waals surface area (Å²) in [7, 11) is 0. The van der Waals surface area contributed by atoms with Crippen molar-refractivity contribution in [3.63, 3.8) is 0 Å². The van der Waals surface area contributed by atoms with Crippen molar-refractivity contribution < 1.29 is 23.9 Å². The number of aryl methyl sites for hydroxylation is 1. The molecule has 0 aliphatic carbocycles. The van der Waals surface area contributed by atoms with Crippen LogP contribution in [-0.4, -0.2) is 35.6 Å². The number of hydrogen-bond donors (Lipinski definition) is 1. The number of amides is 1. The first-order chi connectivity index (χ1) is 12.9. The molecule has 0 bridgehead atoms. The minimum Gasteiger partial charge on any atom is -0.462 e. The molecule has 0 radical (unpaired) electrons. The lowest BCUT2D eigenvalue weighted by molar-refractivity contribution is -0.116. The van der Waals surface area contributed by atoms with Gasteiger partial charge in [-0.05, 0) is 52.0 Å². The number of nitrogens with zero attached hydrogens (tertiary/aromatic N) is 1. The van der Waals surface area contributed by atoms with Crippen LogP contribution in [0, 0.1) is 13.8 Å². The minimum atomic E-state index is -0.440. The van der Waals surface area contributed by atoms with Gasteiger partial charge in [-0.1, -0.05) is 6.07 Å². The summed E-state index contributed by atoms with van der Waals surface area (Å²) in [4.78, 5) is 36.2. The van der Waals surface area contributed by atoms with Crippen LogP contribution in [0.25, 0.3) is 0 Å². The normalized spacial score (nSPS) is 10.4. The van der Waals surface area contributed by atoms with Gasteiger partial charge in [-0.2, -0.15) is 0 Å². The summed E-state index contributed by atoms with van der Waals surface area (Å²) in [5.74, 6) is -1.11. The van der Waals surface area contributed by atoms with E-state index in [-0.39, 0.29) is 19.1 Å². The monoisotopic (exact) mass is 372 g/mol. The fourth-order valence-electron chi connectivity index (χ4n) is 2.74. The van der Waals surface area contributed by atoms with Crippen LogP contribution in [0.3, 0.4) is 0 Å². The first-order valence-corrected chi connectivity index (χ1v) is 8.78. The fraction of sp³-hybridized carbons (Fsp3) is 0.350. The van der Waals surface area contributed by atoms with Gasteiger partial charge in [0.15, 0.2) is 0 Å². The number of rotatable bonds is 7. The van der Waals surface area contributed by atoms with Crippen molar-refractivity contribution in [2.24, 2.45) is 0 Å². The van der Waals surface area contributed by atoms with Gasteiger partial charge in [-0.3, -0.25) is 4.79 Å². The zero-order valence-corrected chi connectivity index (χ0v) is 16.0. The third-order valence-electron chi connectivity index (χ3n) is 4.03. The van der Waals surface area contributed by atoms with Crippen molar-refractivity contribution in [1.82, 2.24) is 4.57 Å². The average molecular weight is 372 g/mol. The van der Waals surface area contributed by atoms with Crippen molar-refractivity contribution in [3.8, 4) is 0 Å². The van der Waals surface area contributed by atoms with E-state index in [1.165, 1.54) is 0 Å². The van der Waals surface area contributed by atoms with Crippen molar-refractivity contribution >= 4 is 23.5 Å². The quantitative estimate of drug-likeness (QED) is 0.755. The molecule has 1 aromatic heterocycles. The van der Waals surface area contributed by atoms with Crippen LogP contribution < -0.4 is 5.32 Å². The molecule has 2 aromatic rings. The molecule has 0 saturated heterocycles. The molecule has 0 atom stereocenters. The Bertz CT molecular complexity index is 854. The maximum Gasteiger partial charge on any atom is 0.339 e. The van der Waals surface area contributed by atoms with Gasteiger partial charge in [0.2, 0.25) is 5.91 Å². The smallest absolute Gasteiger partial charge is 0.339 e. The molecule has 2 rings (SSSR count). The Kier molecular flexibility index (Phi) is 6.76. The van der Waals surface area contributed by atoms with Crippen LogP contribution in [0.4, 0.5) is 5.69 Å². The zero-order valence-electron chi connectivity index (χ0n) is 16.0. The molecule has 0 aliphatic rings. The Morgan fingerprint density at radius 3 is 2.33 bits per heavy atom. The predicted molar refractivity (Wildman–Crippen MR) is 101 cm³/mol. The number of aromatic nitrogens is 1. The molecule has 0 aliphatic heterocycles. The molecule has 1 N–H and O–H groups in total. The van der Waals surface area contributed by atoms with E-state index in [9.17, 15) is 14.4 Å². The predicted octanol–water partition coefficient (Wildman–Crippen LogP) is 3.10. The molecular formula is C20H24N2O5. The summed E-state index contributed by atoms with van der Waals surface area (Å²) >= 11 is 0. The Morgan fingerprint density at radius 1 is 1.00 bits per heavy atom. The molecule has 0 spiro atoms. The Hall–Kier alpha value is -3.09. The van der Waals surface area contributed by atoms with Gasteiger partial charge in [0.1, 0.15) is 6.54 Å². The molecular weight excluding hydrogens is 348 g/mol. The summed E-state index contributed by atoms with van der Waals surface area (Å²) in [5.41, 5.74) is 2.77. The van der Waals surface area contributed by atoms with Crippen LogP contribution >= 0.6 is 0 Å². The highest BCUT2D eigenvalue weighted by atomic mass is 16.5. The molecule has 1 aromatic carbocycles. The van der Waals surface area contributed by atoms with E-state index in [1.807, 2.05) is 6.92 Å². The third-order valence-corrected chi connectivity index (χ3v) is 4.03. The molecule has 1 amide bonds. The summed E-state index contributed by atoms with van der Waals surface area (Å²) in [6, 6.07) is 8.27. The summed E-state index contributed by atoms with van der Waals surface area (Å²) in [5, 5.41) is 2.76. The summed E-state index contributed by atoms with van der Waals surface area (Å²) < 4.78 is 11.7. The van der Waals surface area contributed by atoms with E-state index in [4.69, 9.17) is 9.47 Å². The molecule has 7 heteroatoms. The van der Waals surface area contributed by atoms with Gasteiger partial charge < -0.3 is 19.4 Å². The number of ether oxygens (including phenoxy) is 2. The maximum absolute atomic E-state index is 12.4. The van der Waals surface area contributed by atoms with Gasteiger partial charge in [0.25, 0.3) is 0 Å². The molecule has 0 saturated carbocycles. The highest BCUT2D eigenvalue weighted by Crippen LogP contribution is 2.17. The third kappa shape index (κ3) is 4.97. The number of carbonyl (C=O) groups is 3. The van der Waals surface area contributed by atoms with E-state index in [1.54, 1.807) is 55.7 Å². The Balaban J connectivity index is 2.12. The topological polar surface area (TPSA) is 86.6 Å². The summed E-state index contributed by atoms with van der Waals surface area (Å²) in [6.45, 7) is 7.69. The van der Waals surface area contributed by atoms with Crippen LogP contribution in [0.5, 0.6) is 0 Å². The van der Waals surface area contributed by atoms with Gasteiger partial charge in [-0.15, -0.1) is 0 Å². The largest absolute Gasteiger partial charge is 0.462 e. The van der Waals surface area contributed by atoms with Crippen LogP contribution in [0.1, 0.15) is 46.0 Å². The van der Waals surface area contributed by atoms with Crippen molar-refractivity contribution in [2.75, 3.05) is 18.5 Å². The fourth-order valence-corrected chi connectivity index (χ4v) is 2.74. The lowest BCUT2D eigenvalue weighted by atomic mass is 10.2. The standard InChI is InChI=1S/C20H24N2O5/c1-5-26-19(24)15-8-7-9-16(11-15)21-18(23)12-22-13(3)10-17(14(22)4)20(25)27-6-2/h7-11H,5-6,12H2,1-4H3,(H,21,23). The van der Waals surface area contributed by atoms with Crippen molar-refractivity contribution in [1.29, 1.82) is 0 Å². The molecule has 144 valence electrons. The zero-order chi connectivity index (χ0) is 20.0. The SMILES string of the molecule is CCOC(=O)c1cccc(NC(=O)Cn2c(C)cc(C(=O)OCC)c2C)c1. The highest BCUT2D eigenvalue weighted by molar-refractivity contribution is 5.95. The second kappa shape index (κ2) is 9.02. The maximum atomic E-state index is 12.4. The van der Waals surface area contributed by atoms with E-state index < -0.39 is 11.9 Å². The van der Waals surface area contributed by atoms with Crippen LogP contribution in [0.15, 0.2) is 30.3 Å². The molecule has 0 fully saturated rings. The van der Waals surface area contributed by atoms with Gasteiger partial charge in [-0.25, -0.2) is 9.59 Å². The van der Waals surface area contributed by atoms with E-state index in [0.29, 0.717) is 29.1 Å². The van der Waals surface area contributed by atoms with E-state index in [0.717, 1.165) is 5.69 Å². The lowest BCUT2D eigenvalue weighted by Crippen LogP contribution is -2.20. The molecule has 27 heavy (non-hydrogen) atoms. The number of nitrogens with one attached hydrogen (secondary N) is 1. The van der Waals surface area contributed by atoms with E-state index >= 15 is 0 Å². The first kappa shape index (κ1) is 20.2. The Labute approximate surface area is 158 Å². The molecule has 1 heterocycles. The average Bonchev–Trinajstić information content (AvgIpc) is 2.90. The van der Waals surface area contributed by atoms with Gasteiger partial charge >= 0.3 is 11.9 Å². The van der Waals surface area contributed by atoms with Crippen LogP contribution in [0.2, 0.25) is 0 Å². The lowest BCUT2D eigenvalue weighted by Gasteiger charge is -2.11. The summed E-state index contributed by atoms with van der Waals surface area (Å²) in [6.07, 6.45) is 0. The number of esters is 2. The first-order valence-electron chi connectivity index (χ1n) is 8.78. The number of benzene rings is 1. The second-order valence-electron chi connectivity index (χ2n) is 5.94. The number of hydrogen-bond acceptors (Lipinski definition) is 5. The second-order valence-corrected chi connectivity index (χ2v) is 5.94. The van der Waals surface area contributed by atoms with Crippen molar-refractivity contribution in [2.45, 2.75) is 34.2 Å². The number of carbonyl (C=O) groups excluding carboxylic acids is 3. The van der Waals surface area contributed by atoms with E-state index in [2.05, 4.69) is 5.32 Å². The van der Waals surface area contributed by atoms with Gasteiger partial charge in [0, 0.05) is 17.1 Å².